The number of nitrogens with one attached hydrogen (secondary N) is 1. The van der Waals surface area contributed by atoms with Gasteiger partial charge in [-0.2, -0.15) is 4.80 Å². The van der Waals surface area contributed by atoms with Gasteiger partial charge in [0.15, 0.2) is 5.82 Å². The number of nitrogens with zero attached hydrogens (tertiary/aromatic N) is 4. The van der Waals surface area contributed by atoms with Crippen LogP contribution in [0.3, 0.4) is 0 Å². The molecule has 0 radical (unpaired) electrons. The monoisotopic (exact) mass is 261 g/mol. The number of rotatable bonds is 5. The summed E-state index contributed by atoms with van der Waals surface area (Å²) in [5.74, 6) is 2.78. The molecule has 0 spiro atoms. The van der Waals surface area contributed by atoms with Crippen LogP contribution in [0.15, 0.2) is 0 Å². The fourth-order valence-corrected chi connectivity index (χ4v) is 4.40. The van der Waals surface area contributed by atoms with Gasteiger partial charge < -0.3 is 5.32 Å². The Morgan fingerprint density at radius 1 is 1.32 bits per heavy atom. The Balaban J connectivity index is 1.53. The predicted octanol–water partition coefficient (Wildman–Crippen LogP) is 1.31. The maximum absolute atomic E-state index is 4.41. The number of hydrogen-bond donors (Lipinski definition) is 1. The molecular formula is C14H23N5. The number of aromatic nitrogens is 4. The van der Waals surface area contributed by atoms with Crippen LogP contribution in [-0.2, 0) is 13.5 Å². The third-order valence-electron chi connectivity index (χ3n) is 5.48. The molecule has 1 aromatic heterocycles. The van der Waals surface area contributed by atoms with E-state index in [0.717, 1.165) is 36.7 Å². The van der Waals surface area contributed by atoms with Gasteiger partial charge in [0.1, 0.15) is 0 Å². The van der Waals surface area contributed by atoms with E-state index >= 15 is 0 Å². The van der Waals surface area contributed by atoms with Crippen LogP contribution >= 0.6 is 0 Å². The summed E-state index contributed by atoms with van der Waals surface area (Å²) in [6, 6.07) is 0.797. The lowest BCUT2D eigenvalue weighted by molar-refractivity contribution is 0.152. The van der Waals surface area contributed by atoms with Crippen LogP contribution in [0, 0.1) is 17.3 Å². The van der Waals surface area contributed by atoms with Crippen LogP contribution in [0.5, 0.6) is 0 Å². The van der Waals surface area contributed by atoms with E-state index in [1.165, 1.54) is 38.5 Å². The Kier molecular flexibility index (Phi) is 2.65. The number of hydrogen-bond acceptors (Lipinski definition) is 4. The molecule has 3 atom stereocenters. The molecule has 3 aliphatic rings. The lowest BCUT2D eigenvalue weighted by Gasteiger charge is -2.37. The molecule has 3 saturated carbocycles. The minimum absolute atomic E-state index is 0.411. The minimum atomic E-state index is 0.411. The van der Waals surface area contributed by atoms with Gasteiger partial charge >= 0.3 is 0 Å². The summed E-state index contributed by atoms with van der Waals surface area (Å²) in [6.45, 7) is 1.16. The highest BCUT2D eigenvalue weighted by molar-refractivity contribution is 5.06. The summed E-state index contributed by atoms with van der Waals surface area (Å²) in [5.41, 5.74) is 0.411. The first-order chi connectivity index (χ1) is 9.23. The highest BCUT2D eigenvalue weighted by Gasteiger charge is 2.51. The molecule has 3 aliphatic carbocycles. The Morgan fingerprint density at radius 2 is 2.21 bits per heavy atom. The number of fused-ring (bicyclic) bond motifs is 2. The van der Waals surface area contributed by atoms with Crippen molar-refractivity contribution in [3.8, 4) is 0 Å². The summed E-state index contributed by atoms with van der Waals surface area (Å²) in [7, 11) is 1.85. The molecule has 1 heterocycles. The van der Waals surface area contributed by atoms with Crippen molar-refractivity contribution in [2.75, 3.05) is 6.54 Å². The molecule has 5 heteroatoms. The summed E-state index contributed by atoms with van der Waals surface area (Å²) in [5, 5.41) is 16.4. The molecule has 3 unspecified atom stereocenters. The van der Waals surface area contributed by atoms with Crippen molar-refractivity contribution < 1.29 is 0 Å². The molecule has 0 aliphatic heterocycles. The number of tetrazole rings is 1. The molecule has 1 aromatic rings. The van der Waals surface area contributed by atoms with Crippen LogP contribution in [0.4, 0.5) is 0 Å². The van der Waals surface area contributed by atoms with Crippen LogP contribution in [-0.4, -0.2) is 32.8 Å². The molecule has 0 aromatic carbocycles. The zero-order valence-electron chi connectivity index (χ0n) is 11.7. The van der Waals surface area contributed by atoms with E-state index in [0.29, 0.717) is 5.41 Å². The Morgan fingerprint density at radius 3 is 2.79 bits per heavy atom. The molecule has 5 nitrogen and oxygen atoms in total. The maximum atomic E-state index is 4.41. The van der Waals surface area contributed by atoms with Crippen molar-refractivity contribution in [1.82, 2.24) is 25.5 Å². The highest BCUT2D eigenvalue weighted by atomic mass is 15.6. The largest absolute Gasteiger partial charge is 0.313 e. The second-order valence-corrected chi connectivity index (χ2v) is 6.97. The molecule has 2 bridgehead atoms. The fourth-order valence-electron chi connectivity index (χ4n) is 4.40. The van der Waals surface area contributed by atoms with Gasteiger partial charge in [0, 0.05) is 19.0 Å². The van der Waals surface area contributed by atoms with Gasteiger partial charge in [-0.1, -0.05) is 6.42 Å². The first kappa shape index (κ1) is 11.8. The van der Waals surface area contributed by atoms with E-state index in [2.05, 4.69) is 20.7 Å². The first-order valence-electron chi connectivity index (χ1n) is 7.70. The summed E-state index contributed by atoms with van der Waals surface area (Å²) in [4.78, 5) is 1.59. The smallest absolute Gasteiger partial charge is 0.175 e. The van der Waals surface area contributed by atoms with Gasteiger partial charge in [0.25, 0.3) is 0 Å². The van der Waals surface area contributed by atoms with E-state index in [1.54, 1.807) is 4.80 Å². The van der Waals surface area contributed by atoms with Crippen molar-refractivity contribution in [2.45, 2.75) is 51.0 Å². The van der Waals surface area contributed by atoms with Crippen LogP contribution < -0.4 is 5.32 Å². The Bertz CT molecular complexity index is 466. The number of aryl methyl sites for hydroxylation is 1. The summed E-state index contributed by atoms with van der Waals surface area (Å²) < 4.78 is 0. The Labute approximate surface area is 114 Å². The highest BCUT2D eigenvalue weighted by Crippen LogP contribution is 2.57. The van der Waals surface area contributed by atoms with Gasteiger partial charge in [-0.15, -0.1) is 10.2 Å². The van der Waals surface area contributed by atoms with Gasteiger partial charge in [-0.3, -0.25) is 0 Å². The van der Waals surface area contributed by atoms with Crippen molar-refractivity contribution in [3.05, 3.63) is 5.82 Å². The quantitative estimate of drug-likeness (QED) is 0.868. The molecular weight excluding hydrogens is 238 g/mol. The third kappa shape index (κ3) is 2.18. The normalized spacial score (nSPS) is 37.1. The maximum Gasteiger partial charge on any atom is 0.175 e. The molecule has 4 rings (SSSR count). The van der Waals surface area contributed by atoms with Gasteiger partial charge in [0.05, 0.1) is 7.05 Å². The van der Waals surface area contributed by atoms with Crippen LogP contribution in [0.2, 0.25) is 0 Å². The van der Waals surface area contributed by atoms with Gasteiger partial charge in [-0.05, 0) is 54.6 Å². The van der Waals surface area contributed by atoms with Crippen molar-refractivity contribution in [2.24, 2.45) is 24.3 Å². The van der Waals surface area contributed by atoms with E-state index in [4.69, 9.17) is 0 Å². The SMILES string of the molecule is Cn1nnc(CC2(CNC3CC3)CC3CCC2C3)n1. The zero-order valence-corrected chi connectivity index (χ0v) is 11.7. The van der Waals surface area contributed by atoms with Gasteiger partial charge in [-0.25, -0.2) is 0 Å². The van der Waals surface area contributed by atoms with Crippen molar-refractivity contribution in [1.29, 1.82) is 0 Å². The minimum Gasteiger partial charge on any atom is -0.313 e. The van der Waals surface area contributed by atoms with E-state index in [9.17, 15) is 0 Å². The second-order valence-electron chi connectivity index (χ2n) is 6.97. The van der Waals surface area contributed by atoms with E-state index in [1.807, 2.05) is 7.05 Å². The standard InChI is InChI=1S/C14H23N5/c1-19-17-13(16-18-19)8-14(9-15-12-4-5-12)7-10-2-3-11(14)6-10/h10-12,15H,2-9H2,1H3. The first-order valence-corrected chi connectivity index (χ1v) is 7.70. The van der Waals surface area contributed by atoms with Crippen LogP contribution in [0.25, 0.3) is 0 Å². The molecule has 19 heavy (non-hydrogen) atoms. The average molecular weight is 261 g/mol. The van der Waals surface area contributed by atoms with E-state index < -0.39 is 0 Å². The van der Waals surface area contributed by atoms with Crippen molar-refractivity contribution in [3.63, 3.8) is 0 Å². The van der Waals surface area contributed by atoms with Crippen molar-refractivity contribution >= 4 is 0 Å². The molecule has 104 valence electrons. The molecule has 0 amide bonds. The third-order valence-corrected chi connectivity index (χ3v) is 5.48. The second kappa shape index (κ2) is 4.27. The predicted molar refractivity (Wildman–Crippen MR) is 71.4 cm³/mol. The molecule has 3 fully saturated rings. The topological polar surface area (TPSA) is 55.6 Å². The molecule has 1 N–H and O–H groups in total. The zero-order chi connectivity index (χ0) is 12.9. The molecule has 0 saturated heterocycles. The van der Waals surface area contributed by atoms with Crippen LogP contribution in [0.1, 0.15) is 44.3 Å². The summed E-state index contributed by atoms with van der Waals surface area (Å²) in [6.07, 6.45) is 9.42. The van der Waals surface area contributed by atoms with Gasteiger partial charge in [0.2, 0.25) is 0 Å². The average Bonchev–Trinajstić information content (AvgIpc) is 2.80. The van der Waals surface area contributed by atoms with E-state index in [-0.39, 0.29) is 0 Å². The fraction of sp³-hybridized carbons (Fsp3) is 0.929. The lowest BCUT2D eigenvalue weighted by Crippen LogP contribution is -2.41. The Hall–Kier alpha value is -0.970. The summed E-state index contributed by atoms with van der Waals surface area (Å²) >= 11 is 0. The lowest BCUT2D eigenvalue weighted by atomic mass is 9.70.